The van der Waals surface area contributed by atoms with Crippen LogP contribution in [0.5, 0.6) is 0 Å². The Balaban J connectivity index is 0.000000342. The molecule has 9 atom stereocenters. The van der Waals surface area contributed by atoms with Crippen molar-refractivity contribution in [3.05, 3.63) is 108 Å². The first-order valence-corrected chi connectivity index (χ1v) is 21.5. The molecule has 0 heterocycles. The summed E-state index contributed by atoms with van der Waals surface area (Å²) < 4.78 is 0. The minimum atomic E-state index is -0.337. The molecule has 0 radical (unpaired) electrons. The first kappa shape index (κ1) is 51.1. The van der Waals surface area contributed by atoms with Crippen molar-refractivity contribution < 1.29 is 51.1 Å². The Morgan fingerprint density at radius 1 is 0.776 bits per heavy atom. The van der Waals surface area contributed by atoms with Crippen LogP contribution < -0.4 is 10.2 Å². The molecule has 0 saturated heterocycles. The van der Waals surface area contributed by atoms with Crippen molar-refractivity contribution in [2.45, 2.75) is 126 Å². The zero-order valence-electron chi connectivity index (χ0n) is 36.8. The summed E-state index contributed by atoms with van der Waals surface area (Å²) in [5.41, 5.74) is 3.49. The van der Waals surface area contributed by atoms with E-state index in [1.165, 1.54) is 52.4 Å². The van der Waals surface area contributed by atoms with Crippen molar-refractivity contribution in [3.8, 4) is 0 Å². The van der Waals surface area contributed by atoms with Gasteiger partial charge in [0.2, 0.25) is 0 Å². The molecule has 2 aromatic carbocycles. The molecule has 3 unspecified atom stereocenters. The van der Waals surface area contributed by atoms with Crippen molar-refractivity contribution in [3.63, 3.8) is 0 Å². The van der Waals surface area contributed by atoms with Crippen LogP contribution in [0.15, 0.2) is 84.5 Å². The molecule has 3 fully saturated rings. The Morgan fingerprint density at radius 2 is 1.29 bits per heavy atom. The quantitative estimate of drug-likeness (QED) is 0.0733. The molecule has 0 N–H and O–H groups in total. The number of hydrogen-bond donors (Lipinski definition) is 0. The van der Waals surface area contributed by atoms with E-state index >= 15 is 0 Å². The predicted octanol–water partition coefficient (Wildman–Crippen LogP) is 9.86. The van der Waals surface area contributed by atoms with Gasteiger partial charge in [-0.1, -0.05) is 115 Å². The Labute approximate surface area is 366 Å². The first-order chi connectivity index (χ1) is 27.0. The molecule has 314 valence electrons. The summed E-state index contributed by atoms with van der Waals surface area (Å²) in [6.07, 6.45) is 20.6. The third-order valence-electron chi connectivity index (χ3n) is 13.5. The number of Topliss-reactive ketones (excluding diaryl/α,β-unsaturated/α-hetero) is 4. The van der Waals surface area contributed by atoms with Crippen LogP contribution >= 0.6 is 0 Å². The summed E-state index contributed by atoms with van der Waals surface area (Å²) in [6.45, 7) is 19.0. The SMILES string of the molecule is CC(=O)[CH-]C(=O)c1ccccc1.CC(=O)[CH-]C(=O)c1ccccc1.CC[C@H](/C=C/C(C)[C@H]1CCC2[C@@H]3CC=C4C[C@@H]([O-])CC[C@]4(C)C3CC[C@@]21C)C(C)C.CC[O-].[Ti+4]. The van der Waals surface area contributed by atoms with E-state index in [0.717, 1.165) is 67.6 Å². The fraction of sp³-hybridized carbons (Fsp3) is 0.569. The van der Waals surface area contributed by atoms with Gasteiger partial charge in [0, 0.05) is 11.6 Å². The van der Waals surface area contributed by atoms with Crippen LogP contribution in [0, 0.1) is 65.1 Å². The van der Waals surface area contributed by atoms with E-state index in [9.17, 15) is 24.3 Å². The summed E-state index contributed by atoms with van der Waals surface area (Å²) >= 11 is 0. The minimum Gasteiger partial charge on any atom is -0.855 e. The normalized spacial score (nSPS) is 27.7. The zero-order valence-corrected chi connectivity index (χ0v) is 38.4. The van der Waals surface area contributed by atoms with E-state index in [4.69, 9.17) is 5.11 Å². The maximum atomic E-state index is 12.2. The summed E-state index contributed by atoms with van der Waals surface area (Å²) in [4.78, 5) is 43.5. The van der Waals surface area contributed by atoms with Gasteiger partial charge < -0.3 is 29.4 Å². The van der Waals surface area contributed by atoms with Gasteiger partial charge in [-0.25, -0.2) is 0 Å². The number of carbonyl (C=O) groups excluding carboxylic acids is 4. The zero-order chi connectivity index (χ0) is 42.3. The first-order valence-electron chi connectivity index (χ1n) is 21.5. The molecule has 4 aliphatic rings. The molecular weight excluding hydrogens is 756 g/mol. The number of fused-ring (bicyclic) bond motifs is 5. The molecule has 0 spiro atoms. The smallest absolute Gasteiger partial charge is 0.855 e. The molecular formula is C51H70O6Ti. The third-order valence-corrected chi connectivity index (χ3v) is 13.5. The second-order valence-corrected chi connectivity index (χ2v) is 17.7. The fourth-order valence-electron chi connectivity index (χ4n) is 10.6. The second-order valence-electron chi connectivity index (χ2n) is 17.7. The molecule has 6 nitrogen and oxygen atoms in total. The predicted molar refractivity (Wildman–Crippen MR) is 228 cm³/mol. The van der Waals surface area contributed by atoms with Crippen molar-refractivity contribution in [2.75, 3.05) is 6.61 Å². The molecule has 3 saturated carbocycles. The van der Waals surface area contributed by atoms with Crippen LogP contribution in [-0.4, -0.2) is 35.8 Å². The summed E-state index contributed by atoms with van der Waals surface area (Å²) in [5, 5.41) is 21.1. The van der Waals surface area contributed by atoms with Crippen LogP contribution in [-0.2, 0) is 31.3 Å². The van der Waals surface area contributed by atoms with Gasteiger partial charge in [0.15, 0.2) is 0 Å². The number of ketones is 4. The molecule has 2 aromatic rings. The number of rotatable bonds is 11. The number of allylic oxidation sites excluding steroid dienone is 3. The summed E-state index contributed by atoms with van der Waals surface area (Å²) in [6, 6.07) is 17.4. The standard InChI is InChI=1S/C29H47O.2C10H9O2.C2H5O.Ti/c1-7-21(19(2)3)9-8-20(4)25-12-13-26-24-11-10-22-18-23(30)14-16-28(22,5)27(24)15-17-29(25,26)6;2*1-8(11)7-10(12)9-5-3-2-4-6-9;1-2-3;/h8-10,19-21,23-27H,7,11-18H2,1-6H3;2*2-7H,1H3;2H2,1H3;/q4*-1;+4/b9-8+;;;;/t20?,21-,23+,24+,25-,26?,27?,28+,29-;;;;/m1..../s1. The molecule has 7 heteroatoms. The molecule has 0 aromatic heterocycles. The summed E-state index contributed by atoms with van der Waals surface area (Å²) in [7, 11) is 0. The Bertz CT molecular complexity index is 1590. The van der Waals surface area contributed by atoms with Crippen molar-refractivity contribution >= 4 is 23.1 Å². The van der Waals surface area contributed by atoms with Crippen molar-refractivity contribution in [2.24, 2.45) is 52.3 Å². The van der Waals surface area contributed by atoms with Gasteiger partial charge in [-0.2, -0.15) is 0 Å². The van der Waals surface area contributed by atoms with Crippen LogP contribution in [0.1, 0.15) is 141 Å². The van der Waals surface area contributed by atoms with Crippen LogP contribution in [0.25, 0.3) is 0 Å². The van der Waals surface area contributed by atoms with Gasteiger partial charge in [0.25, 0.3) is 0 Å². The molecule has 0 amide bonds. The molecule has 0 bridgehead atoms. The number of carbonyl (C=O) groups is 4. The van der Waals surface area contributed by atoms with E-state index < -0.39 is 0 Å². The van der Waals surface area contributed by atoms with E-state index in [2.05, 4.69) is 59.8 Å². The maximum absolute atomic E-state index is 12.2. The Morgan fingerprint density at radius 3 is 1.76 bits per heavy atom. The van der Waals surface area contributed by atoms with E-state index in [-0.39, 0.29) is 57.6 Å². The van der Waals surface area contributed by atoms with Gasteiger partial charge >= 0.3 is 21.7 Å². The van der Waals surface area contributed by atoms with Crippen molar-refractivity contribution in [1.82, 2.24) is 0 Å². The molecule has 58 heavy (non-hydrogen) atoms. The van der Waals surface area contributed by atoms with Crippen LogP contribution in [0.4, 0.5) is 0 Å². The largest absolute Gasteiger partial charge is 4.00 e. The van der Waals surface area contributed by atoms with Gasteiger partial charge in [-0.3, -0.25) is 0 Å². The molecule has 0 aliphatic heterocycles. The van der Waals surface area contributed by atoms with E-state index in [1.807, 2.05) is 12.1 Å². The van der Waals surface area contributed by atoms with E-state index in [1.54, 1.807) is 61.0 Å². The van der Waals surface area contributed by atoms with Crippen molar-refractivity contribution in [1.29, 1.82) is 0 Å². The average Bonchev–Trinajstić information content (AvgIpc) is 3.53. The fourth-order valence-corrected chi connectivity index (χ4v) is 10.6. The van der Waals surface area contributed by atoms with Gasteiger partial charge in [0.05, 0.1) is 11.6 Å². The monoisotopic (exact) mass is 826 g/mol. The number of hydrogen-bond acceptors (Lipinski definition) is 6. The average molecular weight is 827 g/mol. The second kappa shape index (κ2) is 24.3. The minimum absolute atomic E-state index is 0. The summed E-state index contributed by atoms with van der Waals surface area (Å²) in [5.74, 6) is 4.70. The Hall–Kier alpha value is -3.03. The van der Waals surface area contributed by atoms with Gasteiger partial charge in [-0.05, 0) is 117 Å². The molecule has 6 rings (SSSR count). The third kappa shape index (κ3) is 13.8. The van der Waals surface area contributed by atoms with Gasteiger partial charge in [0.1, 0.15) is 0 Å². The Kier molecular flexibility index (Phi) is 21.4. The number of benzene rings is 2. The van der Waals surface area contributed by atoms with Gasteiger partial charge in [-0.15, -0.1) is 60.9 Å². The molecule has 4 aliphatic carbocycles. The maximum Gasteiger partial charge on any atom is 4.00 e. The topological polar surface area (TPSA) is 114 Å². The van der Waals surface area contributed by atoms with E-state index in [0.29, 0.717) is 27.9 Å². The van der Waals surface area contributed by atoms with Crippen LogP contribution in [0.2, 0.25) is 0 Å². The van der Waals surface area contributed by atoms with Crippen LogP contribution in [0.3, 0.4) is 0 Å².